The van der Waals surface area contributed by atoms with E-state index in [-0.39, 0.29) is 24.9 Å². The summed E-state index contributed by atoms with van der Waals surface area (Å²) >= 11 is 0. The largest absolute Gasteiger partial charge is 0.496 e. The molecule has 1 N–H and O–H groups in total. The predicted molar refractivity (Wildman–Crippen MR) is 119 cm³/mol. The normalized spacial score (nSPS) is 14.0. The van der Waals surface area contributed by atoms with Crippen LogP contribution >= 0.6 is 0 Å². The van der Waals surface area contributed by atoms with E-state index in [4.69, 9.17) is 18.9 Å². The second kappa shape index (κ2) is 11.0. The van der Waals surface area contributed by atoms with Gasteiger partial charge >= 0.3 is 11.9 Å². The quantitative estimate of drug-likeness (QED) is 0.434. The van der Waals surface area contributed by atoms with Gasteiger partial charge < -0.3 is 24.3 Å². The lowest BCUT2D eigenvalue weighted by molar-refractivity contribution is -0.146. The van der Waals surface area contributed by atoms with Crippen molar-refractivity contribution in [2.45, 2.75) is 59.6 Å². The number of carbonyl (C=O) groups is 3. The van der Waals surface area contributed by atoms with Gasteiger partial charge in [0.2, 0.25) is 5.91 Å². The van der Waals surface area contributed by atoms with Gasteiger partial charge in [-0.2, -0.15) is 0 Å². The molecule has 0 saturated carbocycles. The first kappa shape index (κ1) is 25.2. The maximum atomic E-state index is 12.3. The molecule has 1 aromatic rings. The van der Waals surface area contributed by atoms with Crippen molar-refractivity contribution in [3.63, 3.8) is 0 Å². The molecule has 0 radical (unpaired) electrons. The van der Waals surface area contributed by atoms with Gasteiger partial charge in [-0.05, 0) is 38.2 Å². The molecule has 1 aliphatic heterocycles. The van der Waals surface area contributed by atoms with E-state index in [2.05, 4.69) is 5.32 Å². The Balaban J connectivity index is 2.14. The summed E-state index contributed by atoms with van der Waals surface area (Å²) in [6.07, 6.45) is 3.22. The molecule has 0 bridgehead atoms. The van der Waals surface area contributed by atoms with Crippen LogP contribution in [-0.2, 0) is 32.1 Å². The number of benzene rings is 1. The van der Waals surface area contributed by atoms with Gasteiger partial charge in [0.1, 0.15) is 29.7 Å². The van der Waals surface area contributed by atoms with Crippen LogP contribution in [0.1, 0.15) is 60.7 Å². The first-order valence-electron chi connectivity index (χ1n) is 10.6. The third-order valence-electron chi connectivity index (χ3n) is 5.67. The lowest BCUT2D eigenvalue weighted by Crippen LogP contribution is -2.44. The van der Waals surface area contributed by atoms with Gasteiger partial charge in [0.25, 0.3) is 0 Å². The van der Waals surface area contributed by atoms with Gasteiger partial charge in [-0.3, -0.25) is 4.79 Å². The van der Waals surface area contributed by atoms with Gasteiger partial charge in [0, 0.05) is 17.5 Å². The molecule has 32 heavy (non-hydrogen) atoms. The standard InChI is InChI=1S/C24H33NO7/c1-13(2)20(24(28)31-7)25-18(26)11-9-14(3)8-10-16-21(29-5)15(4)17-12-32-23(27)19(17)22(16)30-6/h8,13,20H,9-12H2,1-7H3,(H,25,26). The van der Waals surface area contributed by atoms with Crippen LogP contribution in [0.3, 0.4) is 0 Å². The second-order valence-electron chi connectivity index (χ2n) is 8.17. The summed E-state index contributed by atoms with van der Waals surface area (Å²) in [5, 5.41) is 2.74. The summed E-state index contributed by atoms with van der Waals surface area (Å²) in [6.45, 7) is 7.74. The number of fused-ring (bicyclic) bond motifs is 1. The molecule has 1 heterocycles. The number of nitrogens with one attached hydrogen (secondary N) is 1. The van der Waals surface area contributed by atoms with E-state index in [9.17, 15) is 14.4 Å². The molecule has 1 aromatic carbocycles. The van der Waals surface area contributed by atoms with Crippen molar-refractivity contribution in [3.05, 3.63) is 33.9 Å². The van der Waals surface area contributed by atoms with Gasteiger partial charge in [-0.15, -0.1) is 0 Å². The zero-order chi connectivity index (χ0) is 24.0. The molecular formula is C24H33NO7. The monoisotopic (exact) mass is 447 g/mol. The molecule has 0 saturated heterocycles. The fourth-order valence-corrected chi connectivity index (χ4v) is 3.79. The summed E-state index contributed by atoms with van der Waals surface area (Å²) in [5.74, 6) is -0.00849. The Morgan fingerprint density at radius 1 is 1.12 bits per heavy atom. The van der Waals surface area contributed by atoms with Crippen LogP contribution in [0, 0.1) is 12.8 Å². The summed E-state index contributed by atoms with van der Waals surface area (Å²) in [5.41, 5.74) is 3.85. The van der Waals surface area contributed by atoms with Crippen molar-refractivity contribution >= 4 is 17.8 Å². The maximum Gasteiger partial charge on any atom is 0.342 e. The lowest BCUT2D eigenvalue weighted by Gasteiger charge is -2.20. The highest BCUT2D eigenvalue weighted by Crippen LogP contribution is 2.42. The summed E-state index contributed by atoms with van der Waals surface area (Å²) in [4.78, 5) is 36.4. The number of carbonyl (C=O) groups excluding carboxylic acids is 3. The Morgan fingerprint density at radius 2 is 1.78 bits per heavy atom. The minimum absolute atomic E-state index is 0.0716. The summed E-state index contributed by atoms with van der Waals surface area (Å²) < 4.78 is 21.1. The molecule has 2 rings (SSSR count). The highest BCUT2D eigenvalue weighted by Gasteiger charge is 2.32. The Bertz CT molecular complexity index is 918. The van der Waals surface area contributed by atoms with Crippen LogP contribution in [0.5, 0.6) is 11.5 Å². The topological polar surface area (TPSA) is 100 Å². The minimum atomic E-state index is -0.667. The minimum Gasteiger partial charge on any atom is -0.496 e. The van der Waals surface area contributed by atoms with Crippen LogP contribution < -0.4 is 14.8 Å². The highest BCUT2D eigenvalue weighted by molar-refractivity contribution is 5.98. The van der Waals surface area contributed by atoms with Crippen molar-refractivity contribution in [2.75, 3.05) is 21.3 Å². The smallest absolute Gasteiger partial charge is 0.342 e. The van der Waals surface area contributed by atoms with E-state index < -0.39 is 18.0 Å². The van der Waals surface area contributed by atoms with Crippen LogP contribution in [0.15, 0.2) is 11.6 Å². The Morgan fingerprint density at radius 3 is 2.34 bits per heavy atom. The molecule has 0 fully saturated rings. The van der Waals surface area contributed by atoms with Gasteiger partial charge in [0.05, 0.1) is 21.3 Å². The average Bonchev–Trinajstić information content (AvgIpc) is 3.15. The van der Waals surface area contributed by atoms with E-state index in [0.29, 0.717) is 29.9 Å². The van der Waals surface area contributed by atoms with Crippen molar-refractivity contribution < 1.29 is 33.3 Å². The fourth-order valence-electron chi connectivity index (χ4n) is 3.79. The van der Waals surface area contributed by atoms with E-state index in [0.717, 1.165) is 22.3 Å². The predicted octanol–water partition coefficient (Wildman–Crippen LogP) is 3.27. The molecule has 0 aromatic heterocycles. The zero-order valence-corrected chi connectivity index (χ0v) is 19.9. The molecule has 8 nitrogen and oxygen atoms in total. The molecule has 0 aliphatic carbocycles. The molecule has 176 valence electrons. The molecule has 1 unspecified atom stereocenters. The van der Waals surface area contributed by atoms with Crippen molar-refractivity contribution in [1.29, 1.82) is 0 Å². The van der Waals surface area contributed by atoms with E-state index in [1.807, 2.05) is 33.8 Å². The number of amides is 1. The van der Waals surface area contributed by atoms with Crippen molar-refractivity contribution in [3.8, 4) is 11.5 Å². The van der Waals surface area contributed by atoms with Crippen LogP contribution in [-0.4, -0.2) is 45.2 Å². The van der Waals surface area contributed by atoms with Crippen LogP contribution in [0.25, 0.3) is 0 Å². The summed E-state index contributed by atoms with van der Waals surface area (Å²) in [6, 6.07) is -0.667. The SMILES string of the molecule is COC(=O)C(NC(=O)CCC(C)=CCc1c(OC)c(C)c2c(c1OC)C(=O)OC2)C(C)C. The van der Waals surface area contributed by atoms with Gasteiger partial charge in [0.15, 0.2) is 0 Å². The number of esters is 2. The molecule has 8 heteroatoms. The third kappa shape index (κ3) is 5.41. The molecular weight excluding hydrogens is 414 g/mol. The Hall–Kier alpha value is -3.03. The Kier molecular flexibility index (Phi) is 8.69. The number of hydrogen-bond acceptors (Lipinski definition) is 7. The molecule has 1 atom stereocenters. The van der Waals surface area contributed by atoms with Gasteiger partial charge in [-0.1, -0.05) is 25.5 Å². The first-order valence-corrected chi connectivity index (χ1v) is 10.6. The number of ether oxygens (including phenoxy) is 4. The maximum absolute atomic E-state index is 12.3. The first-order chi connectivity index (χ1) is 15.2. The summed E-state index contributed by atoms with van der Waals surface area (Å²) in [7, 11) is 4.41. The molecule has 1 aliphatic rings. The van der Waals surface area contributed by atoms with Crippen LogP contribution in [0.4, 0.5) is 0 Å². The van der Waals surface area contributed by atoms with E-state index in [1.165, 1.54) is 14.2 Å². The van der Waals surface area contributed by atoms with E-state index in [1.54, 1.807) is 7.11 Å². The molecule has 0 spiro atoms. The van der Waals surface area contributed by atoms with E-state index >= 15 is 0 Å². The third-order valence-corrected chi connectivity index (χ3v) is 5.67. The highest BCUT2D eigenvalue weighted by atomic mass is 16.5. The molecule has 1 amide bonds. The average molecular weight is 448 g/mol. The van der Waals surface area contributed by atoms with Crippen molar-refractivity contribution in [2.24, 2.45) is 5.92 Å². The number of allylic oxidation sites excluding steroid dienone is 2. The lowest BCUT2D eigenvalue weighted by atomic mass is 9.94. The number of hydrogen-bond donors (Lipinski definition) is 1. The Labute approximate surface area is 189 Å². The van der Waals surface area contributed by atoms with Gasteiger partial charge in [-0.25, -0.2) is 9.59 Å². The fraction of sp³-hybridized carbons (Fsp3) is 0.542. The second-order valence-corrected chi connectivity index (χ2v) is 8.17. The van der Waals surface area contributed by atoms with Crippen molar-refractivity contribution in [1.82, 2.24) is 5.32 Å². The zero-order valence-electron chi connectivity index (χ0n) is 19.9. The number of cyclic esters (lactones) is 1. The number of methoxy groups -OCH3 is 3. The number of rotatable bonds is 10. The van der Waals surface area contributed by atoms with Crippen LogP contribution in [0.2, 0.25) is 0 Å².